The highest BCUT2D eigenvalue weighted by molar-refractivity contribution is 7.12. The van der Waals surface area contributed by atoms with E-state index in [2.05, 4.69) is 19.1 Å². The van der Waals surface area contributed by atoms with E-state index in [9.17, 15) is 4.79 Å². The topological polar surface area (TPSA) is 17.1 Å². The number of carbonyl (C=O) groups excluding carboxylic acids is 1. The molecule has 0 aliphatic heterocycles. The second-order valence-electron chi connectivity index (χ2n) is 3.79. The molecule has 2 rings (SSSR count). The van der Waals surface area contributed by atoms with Gasteiger partial charge in [-0.25, -0.2) is 0 Å². The zero-order chi connectivity index (χ0) is 9.31. The highest BCUT2D eigenvalue weighted by Gasteiger charge is 2.45. The molecule has 0 amide bonds. The smallest absolute Gasteiger partial charge is 0.131 e. The molecule has 70 valence electrons. The molecule has 1 heterocycles. The number of rotatable bonds is 4. The molecular formula is C11H14OS. The minimum Gasteiger partial charge on any atom is -0.302 e. The van der Waals surface area contributed by atoms with Crippen LogP contribution in [0, 0.1) is 0 Å². The van der Waals surface area contributed by atoms with Crippen molar-refractivity contribution in [3.8, 4) is 0 Å². The van der Waals surface area contributed by atoms with Gasteiger partial charge in [0.1, 0.15) is 6.29 Å². The first-order chi connectivity index (χ1) is 6.30. The van der Waals surface area contributed by atoms with Gasteiger partial charge in [0.2, 0.25) is 0 Å². The highest BCUT2D eigenvalue weighted by Crippen LogP contribution is 2.48. The van der Waals surface area contributed by atoms with Gasteiger partial charge in [-0.1, -0.05) is 13.3 Å². The lowest BCUT2D eigenvalue weighted by Gasteiger charge is -2.00. The average Bonchev–Trinajstić information content (AvgIpc) is 2.82. The molecule has 13 heavy (non-hydrogen) atoms. The van der Waals surface area contributed by atoms with Crippen LogP contribution < -0.4 is 0 Å². The fourth-order valence-electron chi connectivity index (χ4n) is 1.58. The molecule has 2 heteroatoms. The molecule has 0 unspecified atom stereocenters. The molecule has 1 aliphatic carbocycles. The monoisotopic (exact) mass is 194 g/mol. The van der Waals surface area contributed by atoms with E-state index >= 15 is 0 Å². The lowest BCUT2D eigenvalue weighted by molar-refractivity contribution is -0.109. The van der Waals surface area contributed by atoms with Crippen molar-refractivity contribution in [2.45, 2.75) is 38.0 Å². The first kappa shape index (κ1) is 8.95. The van der Waals surface area contributed by atoms with Crippen LogP contribution in [0.1, 0.15) is 35.9 Å². The Morgan fingerprint density at radius 1 is 1.54 bits per heavy atom. The van der Waals surface area contributed by atoms with E-state index in [1.54, 1.807) is 0 Å². The minimum atomic E-state index is -0.0589. The Bertz CT molecular complexity index is 310. The van der Waals surface area contributed by atoms with Crippen LogP contribution >= 0.6 is 11.3 Å². The van der Waals surface area contributed by atoms with Gasteiger partial charge in [-0.3, -0.25) is 0 Å². The van der Waals surface area contributed by atoms with Crippen molar-refractivity contribution >= 4 is 17.6 Å². The van der Waals surface area contributed by atoms with Crippen LogP contribution in [0.25, 0.3) is 0 Å². The fraction of sp³-hybridized carbons (Fsp3) is 0.545. The largest absolute Gasteiger partial charge is 0.302 e. The maximum absolute atomic E-state index is 10.9. The number of aldehydes is 1. The van der Waals surface area contributed by atoms with E-state index in [1.807, 2.05) is 11.3 Å². The Morgan fingerprint density at radius 2 is 2.31 bits per heavy atom. The van der Waals surface area contributed by atoms with Crippen LogP contribution in [-0.4, -0.2) is 6.29 Å². The lowest BCUT2D eigenvalue weighted by atomic mass is 10.1. The second-order valence-corrected chi connectivity index (χ2v) is 4.96. The van der Waals surface area contributed by atoms with E-state index < -0.39 is 0 Å². The Balaban J connectivity index is 2.17. The molecule has 1 aliphatic rings. The summed E-state index contributed by atoms with van der Waals surface area (Å²) in [6.07, 6.45) is 5.59. The number of carbonyl (C=O) groups is 1. The van der Waals surface area contributed by atoms with Crippen molar-refractivity contribution < 1.29 is 4.79 Å². The van der Waals surface area contributed by atoms with Gasteiger partial charge in [0.25, 0.3) is 0 Å². The maximum Gasteiger partial charge on any atom is 0.131 e. The molecule has 0 bridgehead atoms. The molecule has 0 atom stereocenters. The summed E-state index contributed by atoms with van der Waals surface area (Å²) in [6, 6.07) is 4.31. The third kappa shape index (κ3) is 1.55. The van der Waals surface area contributed by atoms with Gasteiger partial charge >= 0.3 is 0 Å². The van der Waals surface area contributed by atoms with Gasteiger partial charge in [-0.15, -0.1) is 11.3 Å². The van der Waals surface area contributed by atoms with Gasteiger partial charge in [0, 0.05) is 9.75 Å². The first-order valence-electron chi connectivity index (χ1n) is 4.86. The molecule has 0 N–H and O–H groups in total. The Kier molecular flexibility index (Phi) is 2.24. The van der Waals surface area contributed by atoms with E-state index in [4.69, 9.17) is 0 Å². The molecule has 0 spiro atoms. The van der Waals surface area contributed by atoms with Gasteiger partial charge in [-0.2, -0.15) is 0 Å². The van der Waals surface area contributed by atoms with Crippen molar-refractivity contribution in [3.05, 3.63) is 21.9 Å². The van der Waals surface area contributed by atoms with Gasteiger partial charge in [0.15, 0.2) is 0 Å². The number of thiophene rings is 1. The third-order valence-electron chi connectivity index (χ3n) is 2.66. The quantitative estimate of drug-likeness (QED) is 0.673. The van der Waals surface area contributed by atoms with Crippen LogP contribution in [0.3, 0.4) is 0 Å². The summed E-state index contributed by atoms with van der Waals surface area (Å²) >= 11 is 1.82. The van der Waals surface area contributed by atoms with E-state index in [1.165, 1.54) is 16.2 Å². The Hall–Kier alpha value is -0.630. The predicted molar refractivity (Wildman–Crippen MR) is 55.3 cm³/mol. The molecule has 1 saturated carbocycles. The maximum atomic E-state index is 10.9. The minimum absolute atomic E-state index is 0.0589. The molecule has 0 saturated heterocycles. The first-order valence-corrected chi connectivity index (χ1v) is 5.68. The summed E-state index contributed by atoms with van der Waals surface area (Å²) in [4.78, 5) is 13.6. The van der Waals surface area contributed by atoms with E-state index in [0.717, 1.165) is 25.5 Å². The van der Waals surface area contributed by atoms with Crippen molar-refractivity contribution in [1.82, 2.24) is 0 Å². The van der Waals surface area contributed by atoms with Gasteiger partial charge < -0.3 is 4.79 Å². The lowest BCUT2D eigenvalue weighted by Crippen LogP contribution is -2.04. The third-order valence-corrected chi connectivity index (χ3v) is 4.03. The SMILES string of the molecule is CCCc1ccc(C2(C=O)CC2)s1. The van der Waals surface area contributed by atoms with Gasteiger partial charge in [0.05, 0.1) is 5.41 Å². The van der Waals surface area contributed by atoms with E-state index in [-0.39, 0.29) is 5.41 Å². The standard InChI is InChI=1S/C11H14OS/c1-2-3-9-4-5-10(13-9)11(8-12)6-7-11/h4-5,8H,2-3,6-7H2,1H3. The summed E-state index contributed by atoms with van der Waals surface area (Å²) in [7, 11) is 0. The Morgan fingerprint density at radius 3 is 2.85 bits per heavy atom. The van der Waals surface area contributed by atoms with Crippen LogP contribution in [-0.2, 0) is 16.6 Å². The fourth-order valence-corrected chi connectivity index (χ4v) is 2.90. The number of hydrogen-bond acceptors (Lipinski definition) is 2. The van der Waals surface area contributed by atoms with Crippen LogP contribution in [0.2, 0.25) is 0 Å². The van der Waals surface area contributed by atoms with Crippen LogP contribution in [0.4, 0.5) is 0 Å². The van der Waals surface area contributed by atoms with E-state index in [0.29, 0.717) is 0 Å². The molecule has 1 fully saturated rings. The molecule has 1 aromatic rings. The van der Waals surface area contributed by atoms with Crippen molar-refractivity contribution in [2.75, 3.05) is 0 Å². The summed E-state index contributed by atoms with van der Waals surface area (Å²) in [5.41, 5.74) is -0.0589. The number of hydrogen-bond donors (Lipinski definition) is 0. The molecule has 1 nitrogen and oxygen atoms in total. The van der Waals surface area contributed by atoms with Crippen molar-refractivity contribution in [3.63, 3.8) is 0 Å². The molecular weight excluding hydrogens is 180 g/mol. The second kappa shape index (κ2) is 3.26. The zero-order valence-corrected chi connectivity index (χ0v) is 8.69. The summed E-state index contributed by atoms with van der Waals surface area (Å²) in [5.74, 6) is 0. The number of aryl methyl sites for hydroxylation is 1. The average molecular weight is 194 g/mol. The van der Waals surface area contributed by atoms with Crippen LogP contribution in [0.5, 0.6) is 0 Å². The van der Waals surface area contributed by atoms with Gasteiger partial charge in [-0.05, 0) is 31.4 Å². The molecule has 1 aromatic heterocycles. The summed E-state index contributed by atoms with van der Waals surface area (Å²) in [6.45, 7) is 2.19. The molecule has 0 radical (unpaired) electrons. The van der Waals surface area contributed by atoms with Crippen LogP contribution in [0.15, 0.2) is 12.1 Å². The summed E-state index contributed by atoms with van der Waals surface area (Å²) in [5, 5.41) is 0. The normalized spacial score (nSPS) is 18.5. The predicted octanol–water partition coefficient (Wildman–Crippen LogP) is 2.93. The van der Waals surface area contributed by atoms with Crippen molar-refractivity contribution in [2.24, 2.45) is 0 Å². The van der Waals surface area contributed by atoms with Crippen molar-refractivity contribution in [1.29, 1.82) is 0 Å². The summed E-state index contributed by atoms with van der Waals surface area (Å²) < 4.78 is 0. The molecule has 0 aromatic carbocycles. The Labute approximate surface area is 82.8 Å². The highest BCUT2D eigenvalue weighted by atomic mass is 32.1. The zero-order valence-electron chi connectivity index (χ0n) is 7.88.